The van der Waals surface area contributed by atoms with E-state index in [9.17, 15) is 0 Å². The van der Waals surface area contributed by atoms with Gasteiger partial charge in [-0.3, -0.25) is 4.90 Å². The Bertz CT molecular complexity index is 610. The summed E-state index contributed by atoms with van der Waals surface area (Å²) in [5.41, 5.74) is 2.15. The Labute approximate surface area is 136 Å². The first-order chi connectivity index (χ1) is 10.6. The van der Waals surface area contributed by atoms with Crippen LogP contribution in [0.3, 0.4) is 0 Å². The maximum Gasteiger partial charge on any atom is 0.159 e. The monoisotopic (exact) mass is 316 g/mol. The average Bonchev–Trinajstić information content (AvgIpc) is 2.98. The SMILES string of the molecule is CN(C)[C@H]1CCN(Cc2cnc(-c3ccc(Cl)cc3)nc2)C1. The molecular formula is C17H21ClN4. The quantitative estimate of drug-likeness (QED) is 0.868. The first-order valence-corrected chi connectivity index (χ1v) is 7.95. The van der Waals surface area contributed by atoms with E-state index >= 15 is 0 Å². The third-order valence-corrected chi connectivity index (χ3v) is 4.44. The molecule has 2 aromatic rings. The van der Waals surface area contributed by atoms with Crippen molar-refractivity contribution < 1.29 is 0 Å². The molecule has 0 unspecified atom stereocenters. The zero-order valence-electron chi connectivity index (χ0n) is 13.0. The molecule has 4 nitrogen and oxygen atoms in total. The van der Waals surface area contributed by atoms with Gasteiger partial charge >= 0.3 is 0 Å². The summed E-state index contributed by atoms with van der Waals surface area (Å²) in [6.45, 7) is 3.18. The van der Waals surface area contributed by atoms with E-state index in [1.807, 2.05) is 36.7 Å². The number of likely N-dealkylation sites (tertiary alicyclic amines) is 1. The Morgan fingerprint density at radius 1 is 1.18 bits per heavy atom. The van der Waals surface area contributed by atoms with Crippen LogP contribution in [0.2, 0.25) is 5.02 Å². The van der Waals surface area contributed by atoms with Gasteiger partial charge in [0.1, 0.15) is 0 Å². The van der Waals surface area contributed by atoms with Crippen molar-refractivity contribution in [2.75, 3.05) is 27.2 Å². The highest BCUT2D eigenvalue weighted by atomic mass is 35.5. The number of rotatable bonds is 4. The molecule has 1 aromatic carbocycles. The summed E-state index contributed by atoms with van der Waals surface area (Å²) >= 11 is 5.90. The number of halogens is 1. The average molecular weight is 317 g/mol. The van der Waals surface area contributed by atoms with E-state index in [2.05, 4.69) is 33.9 Å². The molecule has 0 amide bonds. The van der Waals surface area contributed by atoms with Crippen LogP contribution in [0.25, 0.3) is 11.4 Å². The Balaban J connectivity index is 1.64. The van der Waals surface area contributed by atoms with Gasteiger partial charge in [-0.2, -0.15) is 0 Å². The number of benzene rings is 1. The normalized spacial score (nSPS) is 19.0. The summed E-state index contributed by atoms with van der Waals surface area (Å²) in [5.74, 6) is 0.744. The van der Waals surface area contributed by atoms with Gasteiger partial charge in [0.15, 0.2) is 5.82 Å². The maximum atomic E-state index is 5.90. The fourth-order valence-corrected chi connectivity index (χ4v) is 2.95. The second-order valence-corrected chi connectivity index (χ2v) is 6.50. The summed E-state index contributed by atoms with van der Waals surface area (Å²) < 4.78 is 0. The Morgan fingerprint density at radius 3 is 2.45 bits per heavy atom. The lowest BCUT2D eigenvalue weighted by Crippen LogP contribution is -2.31. The molecule has 0 bridgehead atoms. The zero-order chi connectivity index (χ0) is 15.5. The summed E-state index contributed by atoms with van der Waals surface area (Å²) in [7, 11) is 4.30. The Hall–Kier alpha value is -1.49. The van der Waals surface area contributed by atoms with Gasteiger partial charge in [-0.1, -0.05) is 11.6 Å². The lowest BCUT2D eigenvalue weighted by molar-refractivity contribution is 0.264. The van der Waals surface area contributed by atoms with Crippen LogP contribution >= 0.6 is 11.6 Å². The summed E-state index contributed by atoms with van der Waals surface area (Å²) in [6, 6.07) is 8.27. The van der Waals surface area contributed by atoms with E-state index in [-0.39, 0.29) is 0 Å². The van der Waals surface area contributed by atoms with Crippen molar-refractivity contribution in [1.29, 1.82) is 0 Å². The fraction of sp³-hybridized carbons (Fsp3) is 0.412. The van der Waals surface area contributed by atoms with Crippen LogP contribution in [0.15, 0.2) is 36.7 Å². The highest BCUT2D eigenvalue weighted by Crippen LogP contribution is 2.19. The second-order valence-electron chi connectivity index (χ2n) is 6.06. The van der Waals surface area contributed by atoms with Crippen molar-refractivity contribution >= 4 is 11.6 Å². The molecule has 22 heavy (non-hydrogen) atoms. The zero-order valence-corrected chi connectivity index (χ0v) is 13.8. The van der Waals surface area contributed by atoms with Gasteiger partial charge in [-0.05, 0) is 44.8 Å². The van der Waals surface area contributed by atoms with Gasteiger partial charge in [0, 0.05) is 54.2 Å². The molecule has 1 atom stereocenters. The van der Waals surface area contributed by atoms with Gasteiger partial charge in [0.25, 0.3) is 0 Å². The van der Waals surface area contributed by atoms with Crippen molar-refractivity contribution in [3.63, 3.8) is 0 Å². The van der Waals surface area contributed by atoms with Crippen molar-refractivity contribution in [1.82, 2.24) is 19.8 Å². The number of aromatic nitrogens is 2. The van der Waals surface area contributed by atoms with E-state index < -0.39 is 0 Å². The third-order valence-electron chi connectivity index (χ3n) is 4.19. The van der Waals surface area contributed by atoms with Crippen molar-refractivity contribution in [3.05, 3.63) is 47.2 Å². The maximum absolute atomic E-state index is 5.90. The molecule has 5 heteroatoms. The molecule has 2 heterocycles. The molecule has 1 aliphatic rings. The minimum atomic E-state index is 0.661. The minimum absolute atomic E-state index is 0.661. The second kappa shape index (κ2) is 6.73. The molecule has 0 radical (unpaired) electrons. The van der Waals surface area contributed by atoms with E-state index in [4.69, 9.17) is 11.6 Å². The van der Waals surface area contributed by atoms with E-state index in [0.717, 1.165) is 41.6 Å². The van der Waals surface area contributed by atoms with Crippen LogP contribution in [-0.4, -0.2) is 53.0 Å². The predicted octanol–water partition coefficient (Wildman–Crippen LogP) is 2.93. The van der Waals surface area contributed by atoms with Gasteiger partial charge in [0.05, 0.1) is 0 Å². The molecular weight excluding hydrogens is 296 g/mol. The highest BCUT2D eigenvalue weighted by Gasteiger charge is 2.23. The van der Waals surface area contributed by atoms with Crippen LogP contribution in [0.4, 0.5) is 0 Å². The van der Waals surface area contributed by atoms with Crippen LogP contribution in [-0.2, 0) is 6.54 Å². The van der Waals surface area contributed by atoms with Crippen LogP contribution in [0, 0.1) is 0 Å². The molecule has 0 N–H and O–H groups in total. The molecule has 1 fully saturated rings. The van der Waals surface area contributed by atoms with Gasteiger partial charge < -0.3 is 4.90 Å². The summed E-state index contributed by atoms with van der Waals surface area (Å²) in [4.78, 5) is 13.7. The lowest BCUT2D eigenvalue weighted by Gasteiger charge is -2.20. The minimum Gasteiger partial charge on any atom is -0.305 e. The molecule has 1 saturated heterocycles. The van der Waals surface area contributed by atoms with Crippen LogP contribution in [0.5, 0.6) is 0 Å². The van der Waals surface area contributed by atoms with Gasteiger partial charge in [-0.25, -0.2) is 9.97 Å². The smallest absolute Gasteiger partial charge is 0.159 e. The number of hydrogen-bond donors (Lipinski definition) is 0. The van der Waals surface area contributed by atoms with Crippen molar-refractivity contribution in [2.24, 2.45) is 0 Å². The lowest BCUT2D eigenvalue weighted by atomic mass is 10.2. The molecule has 116 valence electrons. The van der Waals surface area contributed by atoms with Crippen molar-refractivity contribution in [2.45, 2.75) is 19.0 Å². The van der Waals surface area contributed by atoms with E-state index in [0.29, 0.717) is 6.04 Å². The van der Waals surface area contributed by atoms with Gasteiger partial charge in [0.2, 0.25) is 0 Å². The number of nitrogens with zero attached hydrogens (tertiary/aromatic N) is 4. The molecule has 1 aliphatic heterocycles. The van der Waals surface area contributed by atoms with Crippen LogP contribution in [0.1, 0.15) is 12.0 Å². The van der Waals surface area contributed by atoms with Crippen LogP contribution < -0.4 is 0 Å². The topological polar surface area (TPSA) is 32.3 Å². The first-order valence-electron chi connectivity index (χ1n) is 7.57. The molecule has 1 aromatic heterocycles. The standard InChI is InChI=1S/C17H21ClN4/c1-21(2)16-7-8-22(12-16)11-13-9-19-17(20-10-13)14-3-5-15(18)6-4-14/h3-6,9-10,16H,7-8,11-12H2,1-2H3/t16-/m0/s1. The highest BCUT2D eigenvalue weighted by molar-refractivity contribution is 6.30. The number of hydrogen-bond acceptors (Lipinski definition) is 4. The molecule has 3 rings (SSSR count). The fourth-order valence-electron chi connectivity index (χ4n) is 2.82. The Kier molecular flexibility index (Phi) is 4.71. The predicted molar refractivity (Wildman–Crippen MR) is 89.8 cm³/mol. The molecule has 0 spiro atoms. The molecule has 0 saturated carbocycles. The Morgan fingerprint density at radius 2 is 1.86 bits per heavy atom. The van der Waals surface area contributed by atoms with E-state index in [1.165, 1.54) is 6.42 Å². The summed E-state index contributed by atoms with van der Waals surface area (Å²) in [6.07, 6.45) is 5.09. The first kappa shape index (κ1) is 15.4. The summed E-state index contributed by atoms with van der Waals surface area (Å²) in [5, 5.41) is 0.727. The van der Waals surface area contributed by atoms with Gasteiger partial charge in [-0.15, -0.1) is 0 Å². The third kappa shape index (κ3) is 3.64. The number of likely N-dealkylation sites (N-methyl/N-ethyl adjacent to an activating group) is 1. The molecule has 0 aliphatic carbocycles. The van der Waals surface area contributed by atoms with E-state index in [1.54, 1.807) is 0 Å². The van der Waals surface area contributed by atoms with Crippen molar-refractivity contribution in [3.8, 4) is 11.4 Å². The largest absolute Gasteiger partial charge is 0.305 e.